The molecule has 1 aromatic rings. The molecular weight excluding hydrogens is 472 g/mol. The van der Waals surface area contributed by atoms with E-state index in [0.29, 0.717) is 41.4 Å². The van der Waals surface area contributed by atoms with Crippen LogP contribution in [0.5, 0.6) is 17.2 Å². The quantitative estimate of drug-likeness (QED) is 0.446. The van der Waals surface area contributed by atoms with Gasteiger partial charge in [0.2, 0.25) is 18.8 Å². The summed E-state index contributed by atoms with van der Waals surface area (Å²) in [6, 6.07) is 4.04. The van der Waals surface area contributed by atoms with Gasteiger partial charge in [0.05, 0.1) is 29.6 Å². The Labute approximate surface area is 211 Å². The fraction of sp³-hybridized carbons (Fsp3) is 0.731. The van der Waals surface area contributed by atoms with Crippen molar-refractivity contribution in [1.82, 2.24) is 0 Å². The number of rotatable bonds is 6. The molecule has 0 radical (unpaired) electrons. The summed E-state index contributed by atoms with van der Waals surface area (Å²) >= 11 is 3.77. The number of benzene rings is 1. The first kappa shape index (κ1) is 24.4. The molecule has 0 amide bonds. The molecule has 3 aliphatic heterocycles. The predicted molar refractivity (Wildman–Crippen MR) is 135 cm³/mol. The van der Waals surface area contributed by atoms with E-state index in [4.69, 9.17) is 23.7 Å². The number of hydrogen-bond donors (Lipinski definition) is 0. The number of thioether (sulfide) groups is 2. The van der Waals surface area contributed by atoms with Crippen LogP contribution in [0.25, 0.3) is 0 Å². The molecule has 34 heavy (non-hydrogen) atoms. The average molecular weight is 509 g/mol. The third-order valence-electron chi connectivity index (χ3n) is 7.72. The number of carbonyl (C=O) groups is 1. The maximum absolute atomic E-state index is 12.7. The Balaban J connectivity index is 1.51. The lowest BCUT2D eigenvalue weighted by atomic mass is 9.75. The van der Waals surface area contributed by atoms with Gasteiger partial charge in [-0.05, 0) is 60.7 Å². The summed E-state index contributed by atoms with van der Waals surface area (Å²) in [6.07, 6.45) is 4.45. The van der Waals surface area contributed by atoms with E-state index in [1.54, 1.807) is 7.11 Å². The molecule has 3 fully saturated rings. The second-order valence-corrected chi connectivity index (χ2v) is 13.2. The summed E-state index contributed by atoms with van der Waals surface area (Å²) in [4.78, 5) is 12.7. The summed E-state index contributed by atoms with van der Waals surface area (Å²) < 4.78 is 29.6. The Morgan fingerprint density at radius 1 is 1.15 bits per heavy atom. The smallest absolute Gasteiger partial charge is 0.308 e. The van der Waals surface area contributed by atoms with E-state index in [9.17, 15) is 4.79 Å². The summed E-state index contributed by atoms with van der Waals surface area (Å²) in [6.45, 7) is 7.05. The fourth-order valence-corrected chi connectivity index (χ4v) is 9.61. The zero-order valence-electron chi connectivity index (χ0n) is 20.5. The first-order valence-electron chi connectivity index (χ1n) is 12.5. The highest BCUT2D eigenvalue weighted by atomic mass is 32.2. The van der Waals surface area contributed by atoms with Crippen molar-refractivity contribution in [3.05, 3.63) is 17.7 Å². The molecule has 5 rings (SSSR count). The Morgan fingerprint density at radius 2 is 1.94 bits per heavy atom. The zero-order valence-corrected chi connectivity index (χ0v) is 22.2. The number of esters is 1. The van der Waals surface area contributed by atoms with Crippen molar-refractivity contribution in [2.24, 2.45) is 23.7 Å². The number of ether oxygens (including phenoxy) is 5. The minimum Gasteiger partial charge on any atom is -0.492 e. The monoisotopic (exact) mass is 508 g/mol. The molecule has 0 aromatic heterocycles. The molecule has 3 unspecified atom stereocenters. The second kappa shape index (κ2) is 10.0. The lowest BCUT2D eigenvalue weighted by molar-refractivity contribution is -0.196. The Morgan fingerprint density at radius 3 is 2.68 bits per heavy atom. The van der Waals surface area contributed by atoms with Crippen LogP contribution in [0.3, 0.4) is 0 Å². The summed E-state index contributed by atoms with van der Waals surface area (Å²) in [5.74, 6) is 5.42. The Kier molecular flexibility index (Phi) is 7.20. The number of fused-ring (bicyclic) bond motifs is 1. The highest BCUT2D eigenvalue weighted by molar-refractivity contribution is 8.18. The van der Waals surface area contributed by atoms with Crippen LogP contribution in [0, 0.1) is 23.7 Å². The maximum atomic E-state index is 12.7. The third-order valence-corrected chi connectivity index (χ3v) is 11.3. The van der Waals surface area contributed by atoms with Crippen molar-refractivity contribution >= 4 is 29.5 Å². The molecule has 5 atom stereocenters. The minimum absolute atomic E-state index is 0.108. The van der Waals surface area contributed by atoms with Crippen LogP contribution in [0.2, 0.25) is 0 Å². The van der Waals surface area contributed by atoms with E-state index in [2.05, 4.69) is 26.8 Å². The number of hydrogen-bond acceptors (Lipinski definition) is 8. The van der Waals surface area contributed by atoms with Crippen LogP contribution in [0.1, 0.15) is 58.4 Å². The molecule has 0 spiro atoms. The van der Waals surface area contributed by atoms with E-state index in [0.717, 1.165) is 29.9 Å². The molecule has 8 heteroatoms. The SMILES string of the molecule is COc1c(C2([C@@H]3CC(=O)O[C@H]3OC3CC(C)CCC3C(C)C)SCCCS2)ccc2c1OCO2. The molecule has 2 saturated heterocycles. The average Bonchev–Trinajstić information content (AvgIpc) is 3.45. The molecule has 3 heterocycles. The van der Waals surface area contributed by atoms with Crippen molar-refractivity contribution in [2.45, 2.75) is 69.3 Å². The van der Waals surface area contributed by atoms with Crippen LogP contribution >= 0.6 is 23.5 Å². The largest absolute Gasteiger partial charge is 0.492 e. The highest BCUT2D eigenvalue weighted by Crippen LogP contribution is 2.63. The molecule has 1 saturated carbocycles. The third kappa shape index (κ3) is 4.39. The predicted octanol–water partition coefficient (Wildman–Crippen LogP) is 5.81. The van der Waals surface area contributed by atoms with Crippen molar-refractivity contribution in [3.8, 4) is 17.2 Å². The number of methoxy groups -OCH3 is 1. The molecule has 1 aromatic carbocycles. The van der Waals surface area contributed by atoms with Gasteiger partial charge >= 0.3 is 5.97 Å². The first-order chi connectivity index (χ1) is 16.4. The lowest BCUT2D eigenvalue weighted by Gasteiger charge is -2.44. The van der Waals surface area contributed by atoms with Crippen molar-refractivity contribution in [3.63, 3.8) is 0 Å². The van der Waals surface area contributed by atoms with Crippen molar-refractivity contribution < 1.29 is 28.5 Å². The Hall–Kier alpha value is -1.25. The summed E-state index contributed by atoms with van der Waals surface area (Å²) in [7, 11) is 1.67. The van der Waals surface area contributed by atoms with E-state index < -0.39 is 10.4 Å². The van der Waals surface area contributed by atoms with Gasteiger partial charge in [-0.25, -0.2) is 0 Å². The van der Waals surface area contributed by atoms with Crippen LogP contribution in [0.15, 0.2) is 12.1 Å². The van der Waals surface area contributed by atoms with Gasteiger partial charge in [0.1, 0.15) is 0 Å². The van der Waals surface area contributed by atoms with Gasteiger partial charge < -0.3 is 23.7 Å². The van der Waals surface area contributed by atoms with E-state index >= 15 is 0 Å². The van der Waals surface area contributed by atoms with Gasteiger partial charge in [-0.1, -0.05) is 27.2 Å². The molecule has 4 aliphatic rings. The Bertz CT molecular complexity index is 900. The van der Waals surface area contributed by atoms with Crippen molar-refractivity contribution in [2.75, 3.05) is 25.4 Å². The zero-order chi connectivity index (χ0) is 23.9. The van der Waals surface area contributed by atoms with Gasteiger partial charge in [0, 0.05) is 5.56 Å². The van der Waals surface area contributed by atoms with E-state index in [1.807, 2.05) is 29.6 Å². The van der Waals surface area contributed by atoms with Crippen LogP contribution in [-0.2, 0) is 18.3 Å². The first-order valence-corrected chi connectivity index (χ1v) is 14.5. The molecule has 1 aliphatic carbocycles. The molecular formula is C26H36O6S2. The van der Waals surface area contributed by atoms with Crippen molar-refractivity contribution in [1.29, 1.82) is 0 Å². The number of carbonyl (C=O) groups excluding carboxylic acids is 1. The fourth-order valence-electron chi connectivity index (χ4n) is 5.96. The number of cyclic esters (lactones) is 1. The highest BCUT2D eigenvalue weighted by Gasteiger charge is 2.55. The lowest BCUT2D eigenvalue weighted by Crippen LogP contribution is -2.43. The molecule has 188 valence electrons. The van der Waals surface area contributed by atoms with Gasteiger partial charge in [-0.15, -0.1) is 23.5 Å². The van der Waals surface area contributed by atoms with E-state index in [1.165, 1.54) is 12.8 Å². The van der Waals surface area contributed by atoms with Crippen LogP contribution in [0.4, 0.5) is 0 Å². The second-order valence-electron chi connectivity index (χ2n) is 10.3. The van der Waals surface area contributed by atoms with E-state index in [-0.39, 0.29) is 24.8 Å². The normalized spacial score (nSPS) is 32.6. The van der Waals surface area contributed by atoms with Gasteiger partial charge in [0.15, 0.2) is 11.5 Å². The standard InChI is InChI=1S/C26H36O6S2/c1-15(2)17-7-6-16(3)12-21(17)31-25-19(13-22(27)32-25)26(33-10-5-11-34-26)18-8-9-20-24(23(18)28-4)30-14-29-20/h8-9,15-17,19,21,25H,5-7,10-14H2,1-4H3/t16?,17?,19-,21?,25-/m1/s1. The van der Waals surface area contributed by atoms with Crippen LogP contribution in [-0.4, -0.2) is 43.8 Å². The summed E-state index contributed by atoms with van der Waals surface area (Å²) in [5.41, 5.74) is 1.03. The topological polar surface area (TPSA) is 63.2 Å². The minimum atomic E-state index is -0.558. The maximum Gasteiger partial charge on any atom is 0.308 e. The summed E-state index contributed by atoms with van der Waals surface area (Å²) in [5, 5.41) is 0. The molecule has 0 bridgehead atoms. The molecule has 6 nitrogen and oxygen atoms in total. The van der Waals surface area contributed by atoms with Gasteiger partial charge in [0.25, 0.3) is 0 Å². The van der Waals surface area contributed by atoms with Crippen LogP contribution < -0.4 is 14.2 Å². The molecule has 0 N–H and O–H groups in total. The van der Waals surface area contributed by atoms with Gasteiger partial charge in [-0.3, -0.25) is 4.79 Å². The van der Waals surface area contributed by atoms with Gasteiger partial charge in [-0.2, -0.15) is 0 Å².